The van der Waals surface area contributed by atoms with E-state index >= 15 is 0 Å². The van der Waals surface area contributed by atoms with Crippen molar-refractivity contribution < 1.29 is 14.3 Å². The largest absolute Gasteiger partial charge is 0.497 e. The van der Waals surface area contributed by atoms with E-state index in [0.717, 1.165) is 16.9 Å². The molecule has 2 amide bonds. The molecule has 0 bridgehead atoms. The third kappa shape index (κ3) is 5.21. The minimum atomic E-state index is -0.238. The molecular formula is C20H22N2O3. The Balaban J connectivity index is 2.05. The summed E-state index contributed by atoms with van der Waals surface area (Å²) in [5, 5.41) is 5.65. The van der Waals surface area contributed by atoms with E-state index in [-0.39, 0.29) is 11.8 Å². The van der Waals surface area contributed by atoms with E-state index in [2.05, 4.69) is 10.6 Å². The maximum absolute atomic E-state index is 12.1. The average molecular weight is 338 g/mol. The van der Waals surface area contributed by atoms with Crippen molar-refractivity contribution in [2.75, 3.05) is 17.7 Å². The highest BCUT2D eigenvalue weighted by atomic mass is 16.5. The molecule has 2 aromatic rings. The number of amides is 2. The zero-order valence-electron chi connectivity index (χ0n) is 14.6. The minimum absolute atomic E-state index is 0.0639. The Bertz CT molecular complexity index is 780. The summed E-state index contributed by atoms with van der Waals surface area (Å²) < 4.78 is 5.10. The van der Waals surface area contributed by atoms with Crippen LogP contribution in [0.15, 0.2) is 48.5 Å². The highest BCUT2D eigenvalue weighted by Crippen LogP contribution is 2.23. The summed E-state index contributed by atoms with van der Waals surface area (Å²) in [6.07, 6.45) is 3.60. The van der Waals surface area contributed by atoms with Gasteiger partial charge in [0.15, 0.2) is 0 Å². The fourth-order valence-electron chi connectivity index (χ4n) is 2.21. The summed E-state index contributed by atoms with van der Waals surface area (Å²) in [4.78, 5) is 23.7. The van der Waals surface area contributed by atoms with Gasteiger partial charge in [0.1, 0.15) is 5.75 Å². The number of nitrogens with one attached hydrogen (secondary N) is 2. The maximum atomic E-state index is 12.1. The number of carbonyl (C=O) groups is 2. The predicted octanol–water partition coefficient (Wildman–Crippen LogP) is 4.00. The maximum Gasteiger partial charge on any atom is 0.248 e. The number of benzene rings is 2. The lowest BCUT2D eigenvalue weighted by Crippen LogP contribution is -2.13. The van der Waals surface area contributed by atoms with E-state index in [1.54, 1.807) is 32.2 Å². The zero-order valence-corrected chi connectivity index (χ0v) is 14.6. The number of methoxy groups -OCH3 is 1. The van der Waals surface area contributed by atoms with Crippen molar-refractivity contribution in [1.82, 2.24) is 0 Å². The number of carbonyl (C=O) groups excluding carboxylic acids is 2. The van der Waals surface area contributed by atoms with Crippen molar-refractivity contribution in [1.29, 1.82) is 0 Å². The molecule has 0 spiro atoms. The highest BCUT2D eigenvalue weighted by Gasteiger charge is 2.08. The van der Waals surface area contributed by atoms with Gasteiger partial charge < -0.3 is 15.4 Å². The average Bonchev–Trinajstić information content (AvgIpc) is 2.63. The monoisotopic (exact) mass is 338 g/mol. The van der Waals surface area contributed by atoms with E-state index in [4.69, 9.17) is 4.74 Å². The molecule has 0 fully saturated rings. The molecular weight excluding hydrogens is 316 g/mol. The zero-order chi connectivity index (χ0) is 18.2. The molecule has 25 heavy (non-hydrogen) atoms. The first-order chi connectivity index (χ1) is 12.0. The van der Waals surface area contributed by atoms with Gasteiger partial charge in [0, 0.05) is 23.9 Å². The second kappa shape index (κ2) is 8.68. The number of anilines is 2. The van der Waals surface area contributed by atoms with E-state index < -0.39 is 0 Å². The molecule has 5 heteroatoms. The molecule has 0 radical (unpaired) electrons. The fraction of sp³-hybridized carbons (Fsp3) is 0.200. The van der Waals surface area contributed by atoms with E-state index in [1.807, 2.05) is 37.3 Å². The van der Waals surface area contributed by atoms with Crippen LogP contribution in [-0.2, 0) is 9.59 Å². The number of hydrogen-bond acceptors (Lipinski definition) is 3. The predicted molar refractivity (Wildman–Crippen MR) is 101 cm³/mol. The molecule has 0 saturated heterocycles. The molecule has 2 rings (SSSR count). The molecule has 0 aromatic heterocycles. The molecule has 0 saturated carbocycles. The number of rotatable bonds is 6. The molecule has 2 aromatic carbocycles. The van der Waals surface area contributed by atoms with Gasteiger partial charge in [-0.15, -0.1) is 0 Å². The van der Waals surface area contributed by atoms with Gasteiger partial charge in [0.05, 0.1) is 7.11 Å². The van der Waals surface area contributed by atoms with Crippen LogP contribution in [0.2, 0.25) is 0 Å². The van der Waals surface area contributed by atoms with Crippen molar-refractivity contribution in [3.8, 4) is 5.75 Å². The first-order valence-electron chi connectivity index (χ1n) is 8.06. The second-order valence-electron chi connectivity index (χ2n) is 5.48. The molecule has 5 nitrogen and oxygen atoms in total. The first kappa shape index (κ1) is 18.3. The van der Waals surface area contributed by atoms with Crippen molar-refractivity contribution >= 4 is 29.3 Å². The third-order valence-electron chi connectivity index (χ3n) is 3.73. The molecule has 0 aliphatic rings. The van der Waals surface area contributed by atoms with Gasteiger partial charge in [0.25, 0.3) is 0 Å². The summed E-state index contributed by atoms with van der Waals surface area (Å²) in [5.74, 6) is 0.465. The van der Waals surface area contributed by atoms with Crippen LogP contribution in [0.4, 0.5) is 11.4 Å². The fourth-order valence-corrected chi connectivity index (χ4v) is 2.21. The summed E-state index contributed by atoms with van der Waals surface area (Å²) >= 11 is 0. The lowest BCUT2D eigenvalue weighted by molar-refractivity contribution is -0.116. The van der Waals surface area contributed by atoms with Crippen molar-refractivity contribution in [3.63, 3.8) is 0 Å². The summed E-state index contributed by atoms with van der Waals surface area (Å²) in [6, 6.07) is 12.8. The van der Waals surface area contributed by atoms with Gasteiger partial charge in [-0.2, -0.15) is 0 Å². The Hall–Kier alpha value is -3.08. The molecule has 0 heterocycles. The van der Waals surface area contributed by atoms with E-state index in [1.165, 1.54) is 6.08 Å². The molecule has 130 valence electrons. The molecule has 0 unspecified atom stereocenters. The van der Waals surface area contributed by atoms with Crippen LogP contribution in [0.5, 0.6) is 5.75 Å². The molecule has 0 aliphatic carbocycles. The van der Waals surface area contributed by atoms with Gasteiger partial charge in [-0.1, -0.05) is 25.1 Å². The Morgan fingerprint density at radius 2 is 1.68 bits per heavy atom. The first-order valence-corrected chi connectivity index (χ1v) is 8.06. The molecule has 0 atom stereocenters. The summed E-state index contributed by atoms with van der Waals surface area (Å²) in [7, 11) is 1.61. The van der Waals surface area contributed by atoms with Crippen LogP contribution in [0.1, 0.15) is 24.5 Å². The van der Waals surface area contributed by atoms with Gasteiger partial charge in [-0.05, 0) is 48.4 Å². The second-order valence-corrected chi connectivity index (χ2v) is 5.48. The topological polar surface area (TPSA) is 67.4 Å². The minimum Gasteiger partial charge on any atom is -0.497 e. The SMILES string of the molecule is CCC(=O)Nc1cccc(NC(=O)/C=C/c2ccc(OC)cc2)c1C. The quantitative estimate of drug-likeness (QED) is 0.782. The lowest BCUT2D eigenvalue weighted by Gasteiger charge is -2.12. The lowest BCUT2D eigenvalue weighted by atomic mass is 10.1. The normalized spacial score (nSPS) is 10.5. The molecule has 0 aliphatic heterocycles. The van der Waals surface area contributed by atoms with Crippen LogP contribution in [0, 0.1) is 6.92 Å². The van der Waals surface area contributed by atoms with E-state index in [9.17, 15) is 9.59 Å². The van der Waals surface area contributed by atoms with Gasteiger partial charge in [0.2, 0.25) is 11.8 Å². The van der Waals surface area contributed by atoms with Crippen LogP contribution < -0.4 is 15.4 Å². The Morgan fingerprint density at radius 1 is 1.04 bits per heavy atom. The van der Waals surface area contributed by atoms with Crippen molar-refractivity contribution in [3.05, 3.63) is 59.7 Å². The molecule has 2 N–H and O–H groups in total. The Morgan fingerprint density at radius 3 is 2.28 bits per heavy atom. The van der Waals surface area contributed by atoms with Crippen molar-refractivity contribution in [2.24, 2.45) is 0 Å². The van der Waals surface area contributed by atoms with Crippen LogP contribution in [-0.4, -0.2) is 18.9 Å². The number of hydrogen-bond donors (Lipinski definition) is 2. The standard InChI is InChI=1S/C20H22N2O3/c1-4-19(23)21-17-6-5-7-18(14(17)2)22-20(24)13-10-15-8-11-16(25-3)12-9-15/h5-13H,4H2,1-3H3,(H,21,23)(H,22,24)/b13-10+. The van der Waals surface area contributed by atoms with Gasteiger partial charge in [-0.25, -0.2) is 0 Å². The van der Waals surface area contributed by atoms with Crippen LogP contribution in [0.25, 0.3) is 6.08 Å². The number of ether oxygens (including phenoxy) is 1. The Kier molecular flexibility index (Phi) is 6.34. The van der Waals surface area contributed by atoms with E-state index in [0.29, 0.717) is 17.8 Å². The Labute approximate surface area is 147 Å². The van der Waals surface area contributed by atoms with Crippen LogP contribution in [0.3, 0.4) is 0 Å². The smallest absolute Gasteiger partial charge is 0.248 e. The van der Waals surface area contributed by atoms with Crippen LogP contribution >= 0.6 is 0 Å². The van der Waals surface area contributed by atoms with Crippen molar-refractivity contribution in [2.45, 2.75) is 20.3 Å². The van der Waals surface area contributed by atoms with Gasteiger partial charge in [-0.3, -0.25) is 9.59 Å². The third-order valence-corrected chi connectivity index (χ3v) is 3.73. The summed E-state index contributed by atoms with van der Waals surface area (Å²) in [6.45, 7) is 3.65. The van der Waals surface area contributed by atoms with Gasteiger partial charge >= 0.3 is 0 Å². The summed E-state index contributed by atoms with van der Waals surface area (Å²) in [5.41, 5.74) is 3.08. The highest BCUT2D eigenvalue weighted by molar-refractivity contribution is 6.03.